The standard InChI is InChI=1S/C7H9NO3/c1-10-4-3-6(5-8)7(9)11-2/h3H,4H2,1-2H3/b6-3+. The van der Waals surface area contributed by atoms with Gasteiger partial charge < -0.3 is 9.47 Å². The van der Waals surface area contributed by atoms with Gasteiger partial charge in [0.15, 0.2) is 0 Å². The zero-order valence-electron chi connectivity index (χ0n) is 6.46. The van der Waals surface area contributed by atoms with Crippen molar-refractivity contribution in [3.05, 3.63) is 11.6 Å². The van der Waals surface area contributed by atoms with Crippen molar-refractivity contribution in [2.24, 2.45) is 0 Å². The van der Waals surface area contributed by atoms with Crippen LogP contribution in [0.15, 0.2) is 11.6 Å². The van der Waals surface area contributed by atoms with Gasteiger partial charge >= 0.3 is 5.97 Å². The molecule has 0 atom stereocenters. The van der Waals surface area contributed by atoms with Gasteiger partial charge in [-0.2, -0.15) is 5.26 Å². The van der Waals surface area contributed by atoms with E-state index in [4.69, 9.17) is 5.26 Å². The first-order chi connectivity index (χ1) is 5.26. The van der Waals surface area contributed by atoms with E-state index in [-0.39, 0.29) is 12.2 Å². The summed E-state index contributed by atoms with van der Waals surface area (Å²) in [5, 5.41) is 8.38. The van der Waals surface area contributed by atoms with Crippen LogP contribution in [0.1, 0.15) is 0 Å². The van der Waals surface area contributed by atoms with Gasteiger partial charge in [-0.1, -0.05) is 0 Å². The second-order valence-corrected chi connectivity index (χ2v) is 1.68. The van der Waals surface area contributed by atoms with Gasteiger partial charge in [0.2, 0.25) is 0 Å². The molecule has 4 nitrogen and oxygen atoms in total. The van der Waals surface area contributed by atoms with E-state index in [1.54, 1.807) is 6.07 Å². The maximum atomic E-state index is 10.7. The molecule has 0 aliphatic rings. The molecule has 4 heteroatoms. The summed E-state index contributed by atoms with van der Waals surface area (Å²) in [7, 11) is 2.70. The molecule has 60 valence electrons. The molecule has 0 bridgehead atoms. The summed E-state index contributed by atoms with van der Waals surface area (Å²) >= 11 is 0. The third kappa shape index (κ3) is 3.38. The highest BCUT2D eigenvalue weighted by atomic mass is 16.5. The summed E-state index contributed by atoms with van der Waals surface area (Å²) in [5.74, 6) is -0.635. The molecule has 0 spiro atoms. The van der Waals surface area contributed by atoms with E-state index in [2.05, 4.69) is 9.47 Å². The molecule has 0 aromatic heterocycles. The molecule has 0 aliphatic carbocycles. The summed E-state index contributed by atoms with van der Waals surface area (Å²) in [5.41, 5.74) is -0.0330. The van der Waals surface area contributed by atoms with Crippen molar-refractivity contribution in [1.29, 1.82) is 5.26 Å². The van der Waals surface area contributed by atoms with Crippen molar-refractivity contribution < 1.29 is 14.3 Å². The van der Waals surface area contributed by atoms with Crippen LogP contribution in [0.3, 0.4) is 0 Å². The average Bonchev–Trinajstić information content (AvgIpc) is 2.05. The van der Waals surface area contributed by atoms with Crippen LogP contribution in [0.2, 0.25) is 0 Å². The minimum absolute atomic E-state index is 0.0330. The van der Waals surface area contributed by atoms with Crippen LogP contribution in [0.25, 0.3) is 0 Å². The highest BCUT2D eigenvalue weighted by Crippen LogP contribution is 1.94. The molecule has 0 aliphatic heterocycles. The maximum Gasteiger partial charge on any atom is 0.348 e. The summed E-state index contributed by atoms with van der Waals surface area (Å²) < 4.78 is 8.95. The van der Waals surface area contributed by atoms with E-state index >= 15 is 0 Å². The first-order valence-corrected chi connectivity index (χ1v) is 2.93. The fourth-order valence-corrected chi connectivity index (χ4v) is 0.451. The topological polar surface area (TPSA) is 59.3 Å². The lowest BCUT2D eigenvalue weighted by Gasteiger charge is -1.94. The molecular formula is C7H9NO3. The van der Waals surface area contributed by atoms with Crippen molar-refractivity contribution in [2.45, 2.75) is 0 Å². The Morgan fingerprint density at radius 3 is 2.64 bits per heavy atom. The molecule has 0 aromatic carbocycles. The zero-order valence-corrected chi connectivity index (χ0v) is 6.46. The van der Waals surface area contributed by atoms with Gasteiger partial charge in [-0.05, 0) is 6.08 Å². The first kappa shape index (κ1) is 9.66. The molecule has 0 fully saturated rings. The van der Waals surface area contributed by atoms with Gasteiger partial charge in [-0.3, -0.25) is 0 Å². The number of carbonyl (C=O) groups excluding carboxylic acids is 1. The molecular weight excluding hydrogens is 146 g/mol. The van der Waals surface area contributed by atoms with Crippen LogP contribution >= 0.6 is 0 Å². The molecule has 0 N–H and O–H groups in total. The third-order valence-electron chi connectivity index (χ3n) is 0.980. The number of esters is 1. The number of methoxy groups -OCH3 is 2. The monoisotopic (exact) mass is 155 g/mol. The number of ether oxygens (including phenoxy) is 2. The van der Waals surface area contributed by atoms with Gasteiger partial charge in [0.1, 0.15) is 11.6 Å². The normalized spacial score (nSPS) is 10.5. The molecule has 11 heavy (non-hydrogen) atoms. The number of nitriles is 1. The van der Waals surface area contributed by atoms with E-state index in [1.165, 1.54) is 20.3 Å². The number of carbonyl (C=O) groups is 1. The predicted molar refractivity (Wildman–Crippen MR) is 37.6 cm³/mol. The van der Waals surface area contributed by atoms with Gasteiger partial charge in [-0.25, -0.2) is 4.79 Å². The third-order valence-corrected chi connectivity index (χ3v) is 0.980. The minimum Gasteiger partial charge on any atom is -0.465 e. The molecule has 0 radical (unpaired) electrons. The Morgan fingerprint density at radius 2 is 2.27 bits per heavy atom. The van der Waals surface area contributed by atoms with Gasteiger partial charge in [0, 0.05) is 7.11 Å². The van der Waals surface area contributed by atoms with E-state index in [0.717, 1.165) is 0 Å². The molecule has 0 unspecified atom stereocenters. The zero-order chi connectivity index (χ0) is 8.69. The molecule has 0 saturated carbocycles. The van der Waals surface area contributed by atoms with Crippen molar-refractivity contribution >= 4 is 5.97 Å². The molecule has 0 aromatic rings. The Morgan fingerprint density at radius 1 is 1.64 bits per heavy atom. The summed E-state index contributed by atoms with van der Waals surface area (Å²) in [6.45, 7) is 0.234. The minimum atomic E-state index is -0.635. The Hall–Kier alpha value is -1.34. The summed E-state index contributed by atoms with van der Waals surface area (Å²) in [6.07, 6.45) is 1.37. The van der Waals surface area contributed by atoms with E-state index in [9.17, 15) is 4.79 Å². The number of rotatable bonds is 3. The summed E-state index contributed by atoms with van der Waals surface area (Å²) in [4.78, 5) is 10.7. The second-order valence-electron chi connectivity index (χ2n) is 1.68. The van der Waals surface area contributed by atoms with Crippen LogP contribution in [-0.2, 0) is 14.3 Å². The van der Waals surface area contributed by atoms with Crippen LogP contribution in [0, 0.1) is 11.3 Å². The highest BCUT2D eigenvalue weighted by molar-refractivity contribution is 5.92. The lowest BCUT2D eigenvalue weighted by molar-refractivity contribution is -0.135. The fraction of sp³-hybridized carbons (Fsp3) is 0.429. The molecule has 0 saturated heterocycles. The Bertz CT molecular complexity index is 202. The van der Waals surface area contributed by atoms with Crippen molar-refractivity contribution in [1.82, 2.24) is 0 Å². The Balaban J connectivity index is 4.18. The van der Waals surface area contributed by atoms with Crippen LogP contribution in [0.4, 0.5) is 0 Å². The average molecular weight is 155 g/mol. The molecule has 0 heterocycles. The van der Waals surface area contributed by atoms with E-state index in [0.29, 0.717) is 0 Å². The number of hydrogen-bond acceptors (Lipinski definition) is 4. The summed E-state index contributed by atoms with van der Waals surface area (Å²) in [6, 6.07) is 1.69. The highest BCUT2D eigenvalue weighted by Gasteiger charge is 2.06. The lowest BCUT2D eigenvalue weighted by Crippen LogP contribution is -2.03. The van der Waals surface area contributed by atoms with Crippen LogP contribution in [0.5, 0.6) is 0 Å². The smallest absolute Gasteiger partial charge is 0.348 e. The quantitative estimate of drug-likeness (QED) is 0.333. The SMILES string of the molecule is COC/C=C(\C#N)C(=O)OC. The predicted octanol–water partition coefficient (Wildman–Crippen LogP) is 0.256. The van der Waals surface area contributed by atoms with E-state index in [1.807, 2.05) is 0 Å². The number of hydrogen-bond donors (Lipinski definition) is 0. The van der Waals surface area contributed by atoms with Gasteiger partial charge in [0.05, 0.1) is 13.7 Å². The van der Waals surface area contributed by atoms with Gasteiger partial charge in [0.25, 0.3) is 0 Å². The Kier molecular flexibility index (Phi) is 4.78. The maximum absolute atomic E-state index is 10.7. The van der Waals surface area contributed by atoms with Crippen LogP contribution < -0.4 is 0 Å². The van der Waals surface area contributed by atoms with Crippen molar-refractivity contribution in [2.75, 3.05) is 20.8 Å². The van der Waals surface area contributed by atoms with Gasteiger partial charge in [-0.15, -0.1) is 0 Å². The number of nitrogens with zero attached hydrogens (tertiary/aromatic N) is 1. The molecule has 0 amide bonds. The lowest BCUT2D eigenvalue weighted by atomic mass is 10.3. The first-order valence-electron chi connectivity index (χ1n) is 2.93. The van der Waals surface area contributed by atoms with Crippen LogP contribution in [-0.4, -0.2) is 26.8 Å². The largest absolute Gasteiger partial charge is 0.465 e. The molecule has 0 rings (SSSR count). The second kappa shape index (κ2) is 5.45. The van der Waals surface area contributed by atoms with Crippen molar-refractivity contribution in [3.63, 3.8) is 0 Å². The van der Waals surface area contributed by atoms with Crippen molar-refractivity contribution in [3.8, 4) is 6.07 Å². The fourth-order valence-electron chi connectivity index (χ4n) is 0.451. The Labute approximate surface area is 65.0 Å². The van der Waals surface area contributed by atoms with E-state index < -0.39 is 5.97 Å².